The zero-order valence-corrected chi connectivity index (χ0v) is 10.8. The summed E-state index contributed by atoms with van der Waals surface area (Å²) in [6.07, 6.45) is 0.724. The second-order valence-electron chi connectivity index (χ2n) is 4.03. The number of rotatable bonds is 4. The molecule has 1 aliphatic rings. The second kappa shape index (κ2) is 5.35. The molecule has 1 heterocycles. The lowest BCUT2D eigenvalue weighted by molar-refractivity contribution is 0.192. The van der Waals surface area contributed by atoms with Gasteiger partial charge in [-0.1, -0.05) is 29.8 Å². The van der Waals surface area contributed by atoms with E-state index >= 15 is 0 Å². The molecule has 1 aliphatic heterocycles. The van der Waals surface area contributed by atoms with E-state index in [9.17, 15) is 8.42 Å². The fraction of sp³-hybridized carbons (Fsp3) is 0.455. The van der Waals surface area contributed by atoms with Crippen molar-refractivity contribution in [2.75, 3.05) is 13.2 Å². The van der Waals surface area contributed by atoms with Crippen LogP contribution in [-0.2, 0) is 20.5 Å². The van der Waals surface area contributed by atoms with E-state index in [1.807, 2.05) is 0 Å². The van der Waals surface area contributed by atoms with Crippen molar-refractivity contribution in [3.63, 3.8) is 0 Å². The Balaban J connectivity index is 2.04. The van der Waals surface area contributed by atoms with Crippen LogP contribution in [0.5, 0.6) is 0 Å². The van der Waals surface area contributed by atoms with Crippen molar-refractivity contribution >= 4 is 21.6 Å². The average molecular weight is 276 g/mol. The van der Waals surface area contributed by atoms with E-state index in [1.165, 1.54) is 0 Å². The third-order valence-corrected chi connectivity index (χ3v) is 4.33. The van der Waals surface area contributed by atoms with Gasteiger partial charge >= 0.3 is 0 Å². The van der Waals surface area contributed by atoms with Crippen LogP contribution in [0.1, 0.15) is 12.0 Å². The lowest BCUT2D eigenvalue weighted by Gasteiger charge is -2.11. The van der Waals surface area contributed by atoms with Crippen LogP contribution in [0.2, 0.25) is 5.02 Å². The molecule has 17 heavy (non-hydrogen) atoms. The molecule has 94 valence electrons. The minimum Gasteiger partial charge on any atom is -0.380 e. The molecule has 1 aromatic carbocycles. The summed E-state index contributed by atoms with van der Waals surface area (Å²) >= 11 is 5.93. The number of sulfonamides is 1. The fourth-order valence-electron chi connectivity index (χ4n) is 1.74. The van der Waals surface area contributed by atoms with Crippen molar-refractivity contribution in [3.8, 4) is 0 Å². The van der Waals surface area contributed by atoms with Crippen molar-refractivity contribution in [2.45, 2.75) is 18.2 Å². The Morgan fingerprint density at radius 1 is 1.41 bits per heavy atom. The Bertz CT molecular complexity index is 483. The quantitative estimate of drug-likeness (QED) is 0.907. The van der Waals surface area contributed by atoms with Gasteiger partial charge in [0.1, 0.15) is 0 Å². The molecule has 0 aromatic heterocycles. The Kier molecular flexibility index (Phi) is 4.04. The molecule has 1 aromatic rings. The first kappa shape index (κ1) is 12.8. The van der Waals surface area contributed by atoms with Crippen LogP contribution in [-0.4, -0.2) is 27.7 Å². The molecule has 1 N–H and O–H groups in total. The van der Waals surface area contributed by atoms with Gasteiger partial charge in [-0.15, -0.1) is 0 Å². The van der Waals surface area contributed by atoms with Gasteiger partial charge in [-0.05, 0) is 18.1 Å². The van der Waals surface area contributed by atoms with Crippen LogP contribution in [0.25, 0.3) is 0 Å². The van der Waals surface area contributed by atoms with Gasteiger partial charge in [-0.3, -0.25) is 0 Å². The summed E-state index contributed by atoms with van der Waals surface area (Å²) < 4.78 is 31.5. The van der Waals surface area contributed by atoms with Gasteiger partial charge in [0.2, 0.25) is 10.0 Å². The Morgan fingerprint density at radius 2 is 2.18 bits per heavy atom. The number of hydrogen-bond acceptors (Lipinski definition) is 3. The van der Waals surface area contributed by atoms with E-state index in [0.29, 0.717) is 23.8 Å². The number of hydrogen-bond donors (Lipinski definition) is 1. The van der Waals surface area contributed by atoms with Crippen molar-refractivity contribution in [2.24, 2.45) is 0 Å². The number of benzene rings is 1. The largest absolute Gasteiger partial charge is 0.380 e. The average Bonchev–Trinajstić information content (AvgIpc) is 2.73. The van der Waals surface area contributed by atoms with Gasteiger partial charge in [0, 0.05) is 17.7 Å². The second-order valence-corrected chi connectivity index (χ2v) is 6.19. The number of ether oxygens (including phenoxy) is 1. The Labute approximate surface area is 106 Å². The van der Waals surface area contributed by atoms with Gasteiger partial charge in [0.05, 0.1) is 12.4 Å². The van der Waals surface area contributed by atoms with Gasteiger partial charge in [-0.25, -0.2) is 13.1 Å². The normalized spacial score (nSPS) is 20.6. The molecule has 0 bridgehead atoms. The summed E-state index contributed by atoms with van der Waals surface area (Å²) in [6.45, 7) is 1.06. The number of halogens is 1. The molecule has 1 fully saturated rings. The van der Waals surface area contributed by atoms with E-state index in [-0.39, 0.29) is 11.8 Å². The zero-order valence-electron chi connectivity index (χ0n) is 9.23. The van der Waals surface area contributed by atoms with Crippen molar-refractivity contribution in [1.29, 1.82) is 0 Å². The molecule has 0 saturated carbocycles. The molecule has 1 unspecified atom stereocenters. The van der Waals surface area contributed by atoms with E-state index in [4.69, 9.17) is 16.3 Å². The monoisotopic (exact) mass is 275 g/mol. The molecule has 6 heteroatoms. The van der Waals surface area contributed by atoms with E-state index < -0.39 is 10.0 Å². The minimum absolute atomic E-state index is 0.0941. The highest BCUT2D eigenvalue weighted by Crippen LogP contribution is 2.17. The van der Waals surface area contributed by atoms with Gasteiger partial charge in [0.25, 0.3) is 0 Å². The lowest BCUT2D eigenvalue weighted by atomic mass is 10.2. The molecule has 4 nitrogen and oxygen atoms in total. The van der Waals surface area contributed by atoms with E-state index in [2.05, 4.69) is 4.72 Å². The van der Waals surface area contributed by atoms with Crippen LogP contribution in [0.15, 0.2) is 24.3 Å². The summed E-state index contributed by atoms with van der Waals surface area (Å²) in [7, 11) is -3.36. The van der Waals surface area contributed by atoms with Gasteiger partial charge in [0.15, 0.2) is 0 Å². The summed E-state index contributed by atoms with van der Waals surface area (Å²) in [6, 6.07) is 6.84. The summed E-state index contributed by atoms with van der Waals surface area (Å²) in [5, 5.41) is 0.473. The maximum atomic E-state index is 11.9. The third-order valence-electron chi connectivity index (χ3n) is 2.58. The van der Waals surface area contributed by atoms with Crippen LogP contribution in [0.3, 0.4) is 0 Å². The first-order valence-corrected chi connectivity index (χ1v) is 7.41. The minimum atomic E-state index is -3.36. The number of nitrogens with one attached hydrogen (secondary N) is 1. The van der Waals surface area contributed by atoms with Crippen LogP contribution in [0, 0.1) is 0 Å². The van der Waals surface area contributed by atoms with Gasteiger partial charge in [-0.2, -0.15) is 0 Å². The zero-order chi connectivity index (χ0) is 12.3. The molecule has 0 amide bonds. The highest BCUT2D eigenvalue weighted by molar-refractivity contribution is 7.88. The standard InChI is InChI=1S/C11H14ClNO3S/c12-11-4-2-1-3-9(11)8-17(14,15)13-10-5-6-16-7-10/h1-4,10,13H,5-8H2. The predicted molar refractivity (Wildman–Crippen MR) is 66.4 cm³/mol. The first-order chi connectivity index (χ1) is 8.07. The first-order valence-electron chi connectivity index (χ1n) is 5.38. The molecule has 1 saturated heterocycles. The Morgan fingerprint density at radius 3 is 2.82 bits per heavy atom. The van der Waals surface area contributed by atoms with Crippen molar-refractivity contribution in [1.82, 2.24) is 4.72 Å². The topological polar surface area (TPSA) is 55.4 Å². The maximum Gasteiger partial charge on any atom is 0.216 e. The van der Waals surface area contributed by atoms with Crippen LogP contribution in [0.4, 0.5) is 0 Å². The summed E-state index contributed by atoms with van der Waals surface area (Å²) in [5.74, 6) is -0.0941. The maximum absolute atomic E-state index is 11.9. The summed E-state index contributed by atoms with van der Waals surface area (Å²) in [5.41, 5.74) is 0.612. The molecule has 0 aliphatic carbocycles. The molecule has 0 spiro atoms. The molecular weight excluding hydrogens is 262 g/mol. The fourth-order valence-corrected chi connectivity index (χ4v) is 3.46. The van der Waals surface area contributed by atoms with E-state index in [0.717, 1.165) is 6.42 Å². The van der Waals surface area contributed by atoms with Gasteiger partial charge < -0.3 is 4.74 Å². The lowest BCUT2D eigenvalue weighted by Crippen LogP contribution is -2.35. The SMILES string of the molecule is O=S(=O)(Cc1ccccc1Cl)NC1CCOC1. The van der Waals surface area contributed by atoms with Crippen molar-refractivity contribution in [3.05, 3.63) is 34.9 Å². The summed E-state index contributed by atoms with van der Waals surface area (Å²) in [4.78, 5) is 0. The highest BCUT2D eigenvalue weighted by Gasteiger charge is 2.22. The van der Waals surface area contributed by atoms with Crippen molar-refractivity contribution < 1.29 is 13.2 Å². The third kappa shape index (κ3) is 3.67. The molecule has 2 rings (SSSR count). The predicted octanol–water partition coefficient (Wildman–Crippen LogP) is 1.55. The van der Waals surface area contributed by atoms with E-state index in [1.54, 1.807) is 24.3 Å². The van der Waals surface area contributed by atoms with Crippen LogP contribution >= 0.6 is 11.6 Å². The molecule has 1 atom stereocenters. The van der Waals surface area contributed by atoms with Crippen LogP contribution < -0.4 is 4.72 Å². The highest BCUT2D eigenvalue weighted by atomic mass is 35.5. The molecule has 0 radical (unpaired) electrons. The molecular formula is C11H14ClNO3S. The Hall–Kier alpha value is -0.620. The smallest absolute Gasteiger partial charge is 0.216 e.